The van der Waals surface area contributed by atoms with Crippen molar-refractivity contribution in [2.45, 2.75) is 6.36 Å². The van der Waals surface area contributed by atoms with Gasteiger partial charge in [0, 0.05) is 18.3 Å². The van der Waals surface area contributed by atoms with Gasteiger partial charge < -0.3 is 4.74 Å². The standard InChI is InChI=1S/C11H3Cl2F3IN3O/c12-6-1-5(21-11(14,15)16)2-7(13)10(6)20-4-8(17)9(3-18)19-20/h1-2,4H. The van der Waals surface area contributed by atoms with Crippen LogP contribution in [0.3, 0.4) is 0 Å². The van der Waals surface area contributed by atoms with E-state index in [9.17, 15) is 13.2 Å². The van der Waals surface area contributed by atoms with Crippen molar-refractivity contribution in [1.82, 2.24) is 9.78 Å². The Labute approximate surface area is 140 Å². The van der Waals surface area contributed by atoms with Crippen LogP contribution in [0.2, 0.25) is 10.0 Å². The fourth-order valence-corrected chi connectivity index (χ4v) is 2.63. The van der Waals surface area contributed by atoms with Crippen molar-refractivity contribution in [2.75, 3.05) is 0 Å². The summed E-state index contributed by atoms with van der Waals surface area (Å²) in [4.78, 5) is 0. The first kappa shape index (κ1) is 16.2. The number of benzene rings is 1. The minimum absolute atomic E-state index is 0.0925. The largest absolute Gasteiger partial charge is 0.573 e. The van der Waals surface area contributed by atoms with Crippen molar-refractivity contribution in [2.24, 2.45) is 0 Å². The molecule has 0 saturated carbocycles. The monoisotopic (exact) mass is 447 g/mol. The Hall–Kier alpha value is -1.18. The summed E-state index contributed by atoms with van der Waals surface area (Å²) in [6.07, 6.45) is -3.36. The van der Waals surface area contributed by atoms with Crippen molar-refractivity contribution in [1.29, 1.82) is 5.26 Å². The van der Waals surface area contributed by atoms with Crippen molar-refractivity contribution < 1.29 is 17.9 Å². The van der Waals surface area contributed by atoms with E-state index in [2.05, 4.69) is 9.84 Å². The summed E-state index contributed by atoms with van der Waals surface area (Å²) in [5.41, 5.74) is 0.311. The van der Waals surface area contributed by atoms with Crippen molar-refractivity contribution in [3.63, 3.8) is 0 Å². The molecule has 0 aliphatic rings. The number of rotatable bonds is 2. The lowest BCUT2D eigenvalue weighted by atomic mass is 10.3. The maximum atomic E-state index is 12.2. The topological polar surface area (TPSA) is 50.8 Å². The second kappa shape index (κ2) is 5.90. The van der Waals surface area contributed by atoms with E-state index in [1.54, 1.807) is 0 Å². The molecule has 0 N–H and O–H groups in total. The molecule has 2 rings (SSSR count). The van der Waals surface area contributed by atoms with Crippen molar-refractivity contribution in [3.05, 3.63) is 37.6 Å². The molecule has 110 valence electrons. The smallest absolute Gasteiger partial charge is 0.406 e. The molecule has 0 spiro atoms. The van der Waals surface area contributed by atoms with Gasteiger partial charge in [-0.05, 0) is 22.6 Å². The molecule has 4 nitrogen and oxygen atoms in total. The van der Waals surface area contributed by atoms with E-state index in [1.807, 2.05) is 28.7 Å². The summed E-state index contributed by atoms with van der Waals surface area (Å²) in [7, 11) is 0. The summed E-state index contributed by atoms with van der Waals surface area (Å²) >= 11 is 13.7. The second-order valence-electron chi connectivity index (χ2n) is 3.67. The van der Waals surface area contributed by atoms with Crippen LogP contribution >= 0.6 is 45.8 Å². The third-order valence-corrected chi connectivity index (χ3v) is 3.59. The number of nitriles is 1. The third-order valence-electron chi connectivity index (χ3n) is 2.23. The van der Waals surface area contributed by atoms with Gasteiger partial charge in [-0.2, -0.15) is 10.4 Å². The first-order chi connectivity index (χ1) is 9.71. The first-order valence-electron chi connectivity index (χ1n) is 5.11. The minimum atomic E-state index is -4.84. The molecule has 1 aromatic heterocycles. The highest BCUT2D eigenvalue weighted by atomic mass is 127. The van der Waals surface area contributed by atoms with Crippen LogP contribution in [0.25, 0.3) is 5.69 Å². The molecule has 0 radical (unpaired) electrons. The first-order valence-corrected chi connectivity index (χ1v) is 6.95. The van der Waals surface area contributed by atoms with E-state index in [4.69, 9.17) is 28.5 Å². The van der Waals surface area contributed by atoms with Gasteiger partial charge in [-0.3, -0.25) is 0 Å². The molecule has 0 aliphatic carbocycles. The molecular formula is C11H3Cl2F3IN3O. The molecule has 0 aliphatic heterocycles. The van der Waals surface area contributed by atoms with Crippen LogP contribution in [0.4, 0.5) is 13.2 Å². The Morgan fingerprint density at radius 2 is 1.86 bits per heavy atom. The van der Waals surface area contributed by atoms with Crippen LogP contribution in [0.5, 0.6) is 5.75 Å². The maximum Gasteiger partial charge on any atom is 0.573 e. The van der Waals surface area contributed by atoms with Gasteiger partial charge in [0.05, 0.1) is 13.6 Å². The second-order valence-corrected chi connectivity index (χ2v) is 5.64. The predicted octanol–water partition coefficient (Wildman–Crippen LogP) is 4.55. The Morgan fingerprint density at radius 1 is 1.29 bits per heavy atom. The Kier molecular flexibility index (Phi) is 4.55. The summed E-state index contributed by atoms with van der Waals surface area (Å²) < 4.78 is 42.0. The number of ether oxygens (including phenoxy) is 1. The minimum Gasteiger partial charge on any atom is -0.406 e. The number of nitrogens with zero attached hydrogens (tertiary/aromatic N) is 3. The molecule has 0 atom stereocenters. The van der Waals surface area contributed by atoms with Gasteiger partial charge in [-0.15, -0.1) is 13.2 Å². The third kappa shape index (κ3) is 3.72. The zero-order valence-corrected chi connectivity index (χ0v) is 13.4. The van der Waals surface area contributed by atoms with Gasteiger partial charge in [0.15, 0.2) is 5.69 Å². The fourth-order valence-electron chi connectivity index (χ4n) is 1.50. The van der Waals surface area contributed by atoms with E-state index in [0.29, 0.717) is 3.57 Å². The highest BCUT2D eigenvalue weighted by molar-refractivity contribution is 14.1. The van der Waals surface area contributed by atoms with E-state index in [0.717, 1.165) is 12.1 Å². The number of alkyl halides is 3. The van der Waals surface area contributed by atoms with Crippen LogP contribution in [-0.2, 0) is 0 Å². The average molecular weight is 448 g/mol. The van der Waals surface area contributed by atoms with Crippen LogP contribution in [-0.4, -0.2) is 16.1 Å². The zero-order chi connectivity index (χ0) is 15.8. The van der Waals surface area contributed by atoms with Crippen molar-refractivity contribution >= 4 is 45.8 Å². The molecule has 21 heavy (non-hydrogen) atoms. The lowest BCUT2D eigenvalue weighted by Gasteiger charge is -2.12. The number of hydrogen-bond acceptors (Lipinski definition) is 3. The van der Waals surface area contributed by atoms with Crippen LogP contribution in [0, 0.1) is 14.9 Å². The number of aromatic nitrogens is 2. The summed E-state index contributed by atoms with van der Waals surface area (Å²) in [5, 5.41) is 12.6. The summed E-state index contributed by atoms with van der Waals surface area (Å²) in [6.45, 7) is 0. The predicted molar refractivity (Wildman–Crippen MR) is 77.7 cm³/mol. The molecular weight excluding hydrogens is 445 g/mol. The molecule has 2 aromatic rings. The Balaban J connectivity index is 2.48. The molecule has 1 heterocycles. The lowest BCUT2D eigenvalue weighted by Crippen LogP contribution is -2.17. The molecule has 0 saturated heterocycles. The molecule has 0 amide bonds. The molecule has 0 fully saturated rings. The summed E-state index contributed by atoms with van der Waals surface area (Å²) in [5.74, 6) is -0.538. The quantitative estimate of drug-likeness (QED) is 0.634. The van der Waals surface area contributed by atoms with Gasteiger partial charge in [-0.1, -0.05) is 23.2 Å². The number of hydrogen-bond donors (Lipinski definition) is 0. The van der Waals surface area contributed by atoms with E-state index >= 15 is 0 Å². The molecule has 0 unspecified atom stereocenters. The van der Waals surface area contributed by atoms with Crippen LogP contribution in [0.15, 0.2) is 18.3 Å². The van der Waals surface area contributed by atoms with Gasteiger partial charge in [0.1, 0.15) is 17.5 Å². The van der Waals surface area contributed by atoms with Gasteiger partial charge >= 0.3 is 6.36 Å². The highest BCUT2D eigenvalue weighted by Crippen LogP contribution is 2.35. The number of halogens is 6. The highest BCUT2D eigenvalue weighted by Gasteiger charge is 2.31. The SMILES string of the molecule is N#Cc1nn(-c2c(Cl)cc(OC(F)(F)F)cc2Cl)cc1I. The normalized spacial score (nSPS) is 11.3. The van der Waals surface area contributed by atoms with Gasteiger partial charge in [0.2, 0.25) is 0 Å². The fraction of sp³-hybridized carbons (Fsp3) is 0.0909. The van der Waals surface area contributed by atoms with E-state index < -0.39 is 12.1 Å². The average Bonchev–Trinajstić information content (AvgIpc) is 2.67. The van der Waals surface area contributed by atoms with Gasteiger partial charge in [0.25, 0.3) is 0 Å². The summed E-state index contributed by atoms with van der Waals surface area (Å²) in [6, 6.07) is 3.81. The lowest BCUT2D eigenvalue weighted by molar-refractivity contribution is -0.274. The zero-order valence-electron chi connectivity index (χ0n) is 9.75. The molecule has 1 aromatic carbocycles. The molecule has 10 heteroatoms. The van der Waals surface area contributed by atoms with Crippen molar-refractivity contribution in [3.8, 4) is 17.5 Å². The maximum absolute atomic E-state index is 12.2. The van der Waals surface area contributed by atoms with E-state index in [-0.39, 0.29) is 21.4 Å². The van der Waals surface area contributed by atoms with Crippen LogP contribution in [0.1, 0.15) is 5.69 Å². The Bertz CT molecular complexity index is 716. The molecule has 0 bridgehead atoms. The van der Waals surface area contributed by atoms with Crippen LogP contribution < -0.4 is 4.74 Å². The van der Waals surface area contributed by atoms with Gasteiger partial charge in [-0.25, -0.2) is 4.68 Å². The van der Waals surface area contributed by atoms with E-state index in [1.165, 1.54) is 10.9 Å². The Morgan fingerprint density at radius 3 is 2.29 bits per heavy atom.